The van der Waals surface area contributed by atoms with Crippen molar-refractivity contribution < 1.29 is 4.79 Å². The Kier molecular flexibility index (Phi) is 4.99. The van der Waals surface area contributed by atoms with Crippen molar-refractivity contribution in [3.63, 3.8) is 0 Å². The summed E-state index contributed by atoms with van der Waals surface area (Å²) in [6.45, 7) is 5.28. The first kappa shape index (κ1) is 16.8. The normalized spacial score (nSPS) is 35.4. The van der Waals surface area contributed by atoms with E-state index in [1.54, 1.807) is 0 Å². The smallest absolute Gasteiger partial charge is 0.225 e. The molecule has 2 saturated carbocycles. The van der Waals surface area contributed by atoms with Crippen molar-refractivity contribution in [1.29, 1.82) is 0 Å². The fourth-order valence-electron chi connectivity index (χ4n) is 4.16. The van der Waals surface area contributed by atoms with Crippen LogP contribution in [-0.2, 0) is 4.79 Å². The van der Waals surface area contributed by atoms with E-state index in [4.69, 9.17) is 5.73 Å². The van der Waals surface area contributed by atoms with Crippen molar-refractivity contribution in [2.24, 2.45) is 23.5 Å². The average molecular weight is 295 g/mol. The number of amides is 1. The summed E-state index contributed by atoms with van der Waals surface area (Å²) in [6, 6.07) is 0.176. The first-order chi connectivity index (χ1) is 9.77. The highest BCUT2D eigenvalue weighted by atomic mass is 16.2. The van der Waals surface area contributed by atoms with E-state index in [0.29, 0.717) is 17.7 Å². The van der Waals surface area contributed by atoms with Crippen molar-refractivity contribution in [1.82, 2.24) is 9.80 Å². The zero-order valence-electron chi connectivity index (χ0n) is 14.4. The molecule has 0 aromatic rings. The molecule has 4 unspecified atom stereocenters. The third-order valence-electron chi connectivity index (χ3n) is 6.15. The predicted molar refractivity (Wildman–Crippen MR) is 86.9 cm³/mol. The van der Waals surface area contributed by atoms with Gasteiger partial charge in [-0.1, -0.05) is 13.8 Å². The minimum Gasteiger partial charge on any atom is -0.344 e. The van der Waals surface area contributed by atoms with Gasteiger partial charge in [0.25, 0.3) is 0 Å². The Morgan fingerprint density at radius 1 is 1.14 bits per heavy atom. The monoisotopic (exact) mass is 295 g/mol. The standard InChI is InChI=1S/C17H33N3O/c1-12-9-13(2)15(18)10-14(12)16(21)20(5)11-17(19(3)4)7-6-8-17/h12-15H,6-11,18H2,1-5H3. The molecule has 0 radical (unpaired) electrons. The van der Waals surface area contributed by atoms with Gasteiger partial charge in [-0.25, -0.2) is 0 Å². The van der Waals surface area contributed by atoms with Gasteiger partial charge in [0.15, 0.2) is 0 Å². The Hall–Kier alpha value is -0.610. The Morgan fingerprint density at radius 3 is 2.24 bits per heavy atom. The molecular weight excluding hydrogens is 262 g/mol. The number of hydrogen-bond acceptors (Lipinski definition) is 3. The second kappa shape index (κ2) is 6.25. The second-order valence-corrected chi connectivity index (χ2v) is 7.86. The summed E-state index contributed by atoms with van der Waals surface area (Å²) in [5.41, 5.74) is 6.41. The summed E-state index contributed by atoms with van der Waals surface area (Å²) >= 11 is 0. The third-order valence-corrected chi connectivity index (χ3v) is 6.15. The van der Waals surface area contributed by atoms with Gasteiger partial charge in [0.2, 0.25) is 5.91 Å². The van der Waals surface area contributed by atoms with Gasteiger partial charge in [0.05, 0.1) is 0 Å². The summed E-state index contributed by atoms with van der Waals surface area (Å²) in [4.78, 5) is 17.1. The van der Waals surface area contributed by atoms with Crippen molar-refractivity contribution in [2.45, 2.75) is 57.5 Å². The zero-order valence-corrected chi connectivity index (χ0v) is 14.4. The van der Waals surface area contributed by atoms with Gasteiger partial charge in [-0.15, -0.1) is 0 Å². The van der Waals surface area contributed by atoms with Crippen LogP contribution in [0.4, 0.5) is 0 Å². The van der Waals surface area contributed by atoms with Crippen LogP contribution in [0.1, 0.15) is 46.0 Å². The molecule has 2 aliphatic carbocycles. The van der Waals surface area contributed by atoms with Crippen LogP contribution in [-0.4, -0.2) is 55.0 Å². The molecule has 122 valence electrons. The van der Waals surface area contributed by atoms with Crippen molar-refractivity contribution in [3.8, 4) is 0 Å². The lowest BCUT2D eigenvalue weighted by atomic mass is 9.72. The average Bonchev–Trinajstić information content (AvgIpc) is 2.36. The number of nitrogens with two attached hydrogens (primary N) is 1. The molecule has 21 heavy (non-hydrogen) atoms. The van der Waals surface area contributed by atoms with Gasteiger partial charge in [-0.2, -0.15) is 0 Å². The maximum absolute atomic E-state index is 12.9. The van der Waals surface area contributed by atoms with E-state index in [-0.39, 0.29) is 17.5 Å². The Bertz CT molecular complexity index is 378. The molecule has 4 heteroatoms. The fraction of sp³-hybridized carbons (Fsp3) is 0.941. The maximum atomic E-state index is 12.9. The summed E-state index contributed by atoms with van der Waals surface area (Å²) in [5, 5.41) is 0. The minimum absolute atomic E-state index is 0.112. The SMILES string of the molecule is CC1CC(C)C(C(=O)N(C)CC2(N(C)C)CCC2)CC1N. The van der Waals surface area contributed by atoms with Crippen molar-refractivity contribution in [3.05, 3.63) is 0 Å². The van der Waals surface area contributed by atoms with Crippen LogP contribution in [0.2, 0.25) is 0 Å². The van der Waals surface area contributed by atoms with E-state index in [1.807, 2.05) is 11.9 Å². The van der Waals surface area contributed by atoms with Gasteiger partial charge >= 0.3 is 0 Å². The number of nitrogens with zero attached hydrogens (tertiary/aromatic N) is 2. The predicted octanol–water partition coefficient (Wildman–Crippen LogP) is 1.94. The summed E-state index contributed by atoms with van der Waals surface area (Å²) in [7, 11) is 6.25. The Labute approximate surface area is 130 Å². The molecule has 0 heterocycles. The summed E-state index contributed by atoms with van der Waals surface area (Å²) in [6.07, 6.45) is 5.61. The van der Waals surface area contributed by atoms with Crippen LogP contribution < -0.4 is 5.73 Å². The lowest BCUT2D eigenvalue weighted by Crippen LogP contribution is -2.58. The molecular formula is C17H33N3O. The first-order valence-corrected chi connectivity index (χ1v) is 8.45. The third kappa shape index (κ3) is 3.26. The second-order valence-electron chi connectivity index (χ2n) is 7.86. The van der Waals surface area contributed by atoms with E-state index in [1.165, 1.54) is 19.3 Å². The molecule has 2 fully saturated rings. The molecule has 2 aliphatic rings. The quantitative estimate of drug-likeness (QED) is 0.862. The maximum Gasteiger partial charge on any atom is 0.225 e. The number of carbonyl (C=O) groups excluding carboxylic acids is 1. The van der Waals surface area contributed by atoms with Gasteiger partial charge in [0, 0.05) is 31.1 Å². The van der Waals surface area contributed by atoms with Crippen LogP contribution in [0.15, 0.2) is 0 Å². The summed E-state index contributed by atoms with van der Waals surface area (Å²) in [5.74, 6) is 1.40. The highest BCUT2D eigenvalue weighted by Gasteiger charge is 2.43. The topological polar surface area (TPSA) is 49.6 Å². The van der Waals surface area contributed by atoms with Crippen LogP contribution >= 0.6 is 0 Å². The van der Waals surface area contributed by atoms with E-state index >= 15 is 0 Å². The lowest BCUT2D eigenvalue weighted by Gasteiger charge is -2.50. The van der Waals surface area contributed by atoms with Crippen molar-refractivity contribution >= 4 is 5.91 Å². The Balaban J connectivity index is 1.99. The molecule has 0 bridgehead atoms. The van der Waals surface area contributed by atoms with E-state index < -0.39 is 0 Å². The van der Waals surface area contributed by atoms with Gasteiger partial charge < -0.3 is 15.5 Å². The molecule has 4 nitrogen and oxygen atoms in total. The van der Waals surface area contributed by atoms with Gasteiger partial charge in [0.1, 0.15) is 0 Å². The molecule has 0 spiro atoms. The van der Waals surface area contributed by atoms with E-state index in [9.17, 15) is 4.79 Å². The number of carbonyl (C=O) groups is 1. The number of rotatable bonds is 4. The Morgan fingerprint density at radius 2 is 1.76 bits per heavy atom. The molecule has 0 aromatic heterocycles. The fourth-order valence-corrected chi connectivity index (χ4v) is 4.16. The molecule has 4 atom stereocenters. The molecule has 1 amide bonds. The van der Waals surface area contributed by atoms with E-state index in [2.05, 4.69) is 32.8 Å². The molecule has 2 rings (SSSR count). The van der Waals surface area contributed by atoms with Crippen LogP contribution in [0.3, 0.4) is 0 Å². The first-order valence-electron chi connectivity index (χ1n) is 8.45. The van der Waals surface area contributed by atoms with Crippen molar-refractivity contribution in [2.75, 3.05) is 27.7 Å². The van der Waals surface area contributed by atoms with Crippen LogP contribution in [0.5, 0.6) is 0 Å². The van der Waals surface area contributed by atoms with Gasteiger partial charge in [-0.05, 0) is 58.0 Å². The lowest BCUT2D eigenvalue weighted by molar-refractivity contribution is -0.140. The zero-order chi connectivity index (χ0) is 15.8. The molecule has 0 saturated heterocycles. The molecule has 0 aliphatic heterocycles. The number of hydrogen-bond donors (Lipinski definition) is 1. The summed E-state index contributed by atoms with van der Waals surface area (Å²) < 4.78 is 0. The highest BCUT2D eigenvalue weighted by molar-refractivity contribution is 5.79. The molecule has 2 N–H and O–H groups in total. The number of likely N-dealkylation sites (N-methyl/N-ethyl adjacent to an activating group) is 2. The van der Waals surface area contributed by atoms with Gasteiger partial charge in [-0.3, -0.25) is 4.79 Å². The largest absolute Gasteiger partial charge is 0.344 e. The highest BCUT2D eigenvalue weighted by Crippen LogP contribution is 2.38. The molecule has 0 aromatic carbocycles. The van der Waals surface area contributed by atoms with Crippen LogP contribution in [0, 0.1) is 17.8 Å². The van der Waals surface area contributed by atoms with Crippen LogP contribution in [0.25, 0.3) is 0 Å². The van der Waals surface area contributed by atoms with E-state index in [0.717, 1.165) is 19.4 Å². The minimum atomic E-state index is 0.112.